The zero-order chi connectivity index (χ0) is 15.1. The number of pyridine rings is 1. The van der Waals surface area contributed by atoms with Crippen LogP contribution in [0.3, 0.4) is 0 Å². The summed E-state index contributed by atoms with van der Waals surface area (Å²) in [5, 5.41) is 2.87. The summed E-state index contributed by atoms with van der Waals surface area (Å²) in [7, 11) is 4.03. The van der Waals surface area contributed by atoms with E-state index < -0.39 is 0 Å². The van der Waals surface area contributed by atoms with Gasteiger partial charge in [0.1, 0.15) is 0 Å². The van der Waals surface area contributed by atoms with Gasteiger partial charge in [-0.2, -0.15) is 0 Å². The molecule has 0 fully saturated rings. The highest BCUT2D eigenvalue weighted by molar-refractivity contribution is 6.01. The average Bonchev–Trinajstić information content (AvgIpc) is 2.46. The van der Waals surface area contributed by atoms with E-state index in [1.54, 1.807) is 18.5 Å². The molecule has 1 aromatic carbocycles. The first-order valence-electron chi connectivity index (χ1n) is 6.76. The molecule has 0 spiro atoms. The van der Waals surface area contributed by atoms with Gasteiger partial charge in [-0.3, -0.25) is 9.78 Å². The van der Waals surface area contributed by atoms with Gasteiger partial charge < -0.3 is 10.2 Å². The zero-order valence-corrected chi connectivity index (χ0v) is 12.3. The number of carbonyl (C=O) groups is 1. The highest BCUT2D eigenvalue weighted by atomic mass is 16.1. The summed E-state index contributed by atoms with van der Waals surface area (Å²) in [5.74, 6) is -0.145. The molecule has 0 saturated heterocycles. The first kappa shape index (κ1) is 14.9. The molecule has 0 bridgehead atoms. The number of nitrogens with one attached hydrogen (secondary N) is 1. The standard InChI is InChI=1S/C17H19N3O/c1-20(2)13-15-4-3-5-16(12-15)19-17(21)7-6-14-8-10-18-11-9-14/h3-12H,13H2,1-2H3,(H,19,21)/b7-6+. The molecular weight excluding hydrogens is 262 g/mol. The van der Waals surface area contributed by atoms with Gasteiger partial charge in [0.05, 0.1) is 0 Å². The number of carbonyl (C=O) groups excluding carboxylic acids is 1. The maximum absolute atomic E-state index is 11.9. The molecule has 1 heterocycles. The molecule has 0 radical (unpaired) electrons. The third kappa shape index (κ3) is 5.20. The van der Waals surface area contributed by atoms with Gasteiger partial charge >= 0.3 is 0 Å². The first-order valence-corrected chi connectivity index (χ1v) is 6.76. The largest absolute Gasteiger partial charge is 0.323 e. The Labute approximate surface area is 125 Å². The number of anilines is 1. The molecule has 1 N–H and O–H groups in total. The van der Waals surface area contributed by atoms with Crippen molar-refractivity contribution < 1.29 is 4.79 Å². The molecule has 2 aromatic rings. The maximum atomic E-state index is 11.9. The minimum atomic E-state index is -0.145. The second-order valence-corrected chi connectivity index (χ2v) is 5.04. The van der Waals surface area contributed by atoms with Crippen molar-refractivity contribution in [2.45, 2.75) is 6.54 Å². The molecule has 2 rings (SSSR count). The number of aromatic nitrogens is 1. The molecule has 4 nitrogen and oxygen atoms in total. The second-order valence-electron chi connectivity index (χ2n) is 5.04. The van der Waals surface area contributed by atoms with E-state index in [9.17, 15) is 4.79 Å². The van der Waals surface area contributed by atoms with Crippen LogP contribution >= 0.6 is 0 Å². The number of nitrogens with zero attached hydrogens (tertiary/aromatic N) is 2. The minimum Gasteiger partial charge on any atom is -0.323 e. The van der Waals surface area contributed by atoms with Crippen LogP contribution in [-0.4, -0.2) is 29.9 Å². The molecule has 0 atom stereocenters. The molecule has 21 heavy (non-hydrogen) atoms. The van der Waals surface area contributed by atoms with E-state index in [0.29, 0.717) is 0 Å². The number of hydrogen-bond acceptors (Lipinski definition) is 3. The lowest BCUT2D eigenvalue weighted by atomic mass is 10.2. The molecule has 108 valence electrons. The van der Waals surface area contributed by atoms with Crippen LogP contribution in [0.4, 0.5) is 5.69 Å². The lowest BCUT2D eigenvalue weighted by Crippen LogP contribution is -2.12. The van der Waals surface area contributed by atoms with Gasteiger partial charge in [-0.15, -0.1) is 0 Å². The maximum Gasteiger partial charge on any atom is 0.248 e. The van der Waals surface area contributed by atoms with E-state index in [1.165, 1.54) is 6.08 Å². The quantitative estimate of drug-likeness (QED) is 0.857. The Morgan fingerprint density at radius 2 is 2.00 bits per heavy atom. The topological polar surface area (TPSA) is 45.2 Å². The SMILES string of the molecule is CN(C)Cc1cccc(NC(=O)/C=C/c2ccncc2)c1. The van der Waals surface area contributed by atoms with Gasteiger partial charge in [0.2, 0.25) is 5.91 Å². The van der Waals surface area contributed by atoms with Crippen LogP contribution in [0, 0.1) is 0 Å². The Kier molecular flexibility index (Phi) is 5.23. The zero-order valence-electron chi connectivity index (χ0n) is 12.3. The van der Waals surface area contributed by atoms with Crippen molar-refractivity contribution in [1.82, 2.24) is 9.88 Å². The second kappa shape index (κ2) is 7.36. The number of amides is 1. The summed E-state index contributed by atoms with van der Waals surface area (Å²) in [5.41, 5.74) is 2.91. The van der Waals surface area contributed by atoms with Crippen LogP contribution in [0.25, 0.3) is 6.08 Å². The Hall–Kier alpha value is -2.46. The summed E-state index contributed by atoms with van der Waals surface area (Å²) in [6.07, 6.45) is 6.68. The first-order chi connectivity index (χ1) is 10.1. The highest BCUT2D eigenvalue weighted by Gasteiger charge is 2.00. The molecule has 4 heteroatoms. The van der Waals surface area contributed by atoms with E-state index in [4.69, 9.17) is 0 Å². The van der Waals surface area contributed by atoms with Gasteiger partial charge in [-0.05, 0) is 55.6 Å². The van der Waals surface area contributed by atoms with Gasteiger partial charge in [-0.25, -0.2) is 0 Å². The lowest BCUT2D eigenvalue weighted by Gasteiger charge is -2.10. The van der Waals surface area contributed by atoms with Crippen molar-refractivity contribution in [1.29, 1.82) is 0 Å². The summed E-state index contributed by atoms with van der Waals surface area (Å²) in [4.78, 5) is 17.9. The smallest absolute Gasteiger partial charge is 0.248 e. The minimum absolute atomic E-state index is 0.145. The fourth-order valence-electron chi connectivity index (χ4n) is 1.94. The van der Waals surface area contributed by atoms with Crippen molar-refractivity contribution in [3.63, 3.8) is 0 Å². The Morgan fingerprint density at radius 1 is 1.24 bits per heavy atom. The van der Waals surface area contributed by atoms with Crippen LogP contribution < -0.4 is 5.32 Å². The van der Waals surface area contributed by atoms with E-state index in [-0.39, 0.29) is 5.91 Å². The third-order valence-corrected chi connectivity index (χ3v) is 2.83. The molecule has 1 amide bonds. The summed E-state index contributed by atoms with van der Waals surface area (Å²) < 4.78 is 0. The van der Waals surface area contributed by atoms with Crippen molar-refractivity contribution >= 4 is 17.7 Å². The van der Waals surface area contributed by atoms with Crippen LogP contribution in [0.5, 0.6) is 0 Å². The molecule has 0 aliphatic heterocycles. The lowest BCUT2D eigenvalue weighted by molar-refractivity contribution is -0.111. The third-order valence-electron chi connectivity index (χ3n) is 2.83. The normalized spacial score (nSPS) is 11.0. The molecule has 1 aromatic heterocycles. The van der Waals surface area contributed by atoms with E-state index in [2.05, 4.69) is 15.2 Å². The predicted octanol–water partition coefficient (Wildman–Crippen LogP) is 2.80. The van der Waals surface area contributed by atoms with Crippen LogP contribution in [0.15, 0.2) is 54.9 Å². The van der Waals surface area contributed by atoms with Crippen molar-refractivity contribution in [2.75, 3.05) is 19.4 Å². The van der Waals surface area contributed by atoms with Gasteiger partial charge in [0.15, 0.2) is 0 Å². The fourth-order valence-corrected chi connectivity index (χ4v) is 1.94. The van der Waals surface area contributed by atoms with Crippen LogP contribution in [-0.2, 0) is 11.3 Å². The van der Waals surface area contributed by atoms with Crippen LogP contribution in [0.2, 0.25) is 0 Å². The van der Waals surface area contributed by atoms with Gasteiger partial charge in [-0.1, -0.05) is 12.1 Å². The van der Waals surface area contributed by atoms with Crippen molar-refractivity contribution in [2.24, 2.45) is 0 Å². The average molecular weight is 281 g/mol. The monoisotopic (exact) mass is 281 g/mol. The number of rotatable bonds is 5. The van der Waals surface area contributed by atoms with E-state index >= 15 is 0 Å². The van der Waals surface area contributed by atoms with E-state index in [0.717, 1.165) is 23.4 Å². The molecular formula is C17H19N3O. The highest BCUT2D eigenvalue weighted by Crippen LogP contribution is 2.12. The summed E-state index contributed by atoms with van der Waals surface area (Å²) in [6.45, 7) is 0.844. The van der Waals surface area contributed by atoms with Crippen LogP contribution in [0.1, 0.15) is 11.1 Å². The molecule has 0 unspecified atom stereocenters. The Balaban J connectivity index is 1.98. The Morgan fingerprint density at radius 3 is 2.71 bits per heavy atom. The Bertz CT molecular complexity index is 621. The number of hydrogen-bond donors (Lipinski definition) is 1. The molecule has 0 saturated carbocycles. The van der Waals surface area contributed by atoms with Gasteiger partial charge in [0, 0.05) is 30.7 Å². The summed E-state index contributed by atoms with van der Waals surface area (Å²) in [6, 6.07) is 11.6. The number of benzene rings is 1. The summed E-state index contributed by atoms with van der Waals surface area (Å²) >= 11 is 0. The predicted molar refractivity (Wildman–Crippen MR) is 85.7 cm³/mol. The molecule has 0 aliphatic carbocycles. The van der Waals surface area contributed by atoms with Crippen molar-refractivity contribution in [3.05, 3.63) is 66.0 Å². The van der Waals surface area contributed by atoms with Crippen molar-refractivity contribution in [3.8, 4) is 0 Å². The molecule has 0 aliphatic rings. The fraction of sp³-hybridized carbons (Fsp3) is 0.176. The van der Waals surface area contributed by atoms with E-state index in [1.807, 2.05) is 50.5 Å². The van der Waals surface area contributed by atoms with Gasteiger partial charge in [0.25, 0.3) is 0 Å².